The average Bonchev–Trinajstić information content (AvgIpc) is 2.74. The standard InChI is InChI=1S/C22H30N4O3S/c1-17(2)29-20-10-8-19(9-11-20)25-22(23)24-16-18-6-12-21(13-7-18)30(27,28)26-14-4-3-5-15-26/h6-13,17H,3-5,14-16H2,1-2H3,(H3,23,24,25). The molecule has 3 N–H and O–H groups in total. The molecule has 0 saturated carbocycles. The number of anilines is 1. The maximum Gasteiger partial charge on any atom is 0.243 e. The molecule has 0 radical (unpaired) electrons. The van der Waals surface area contributed by atoms with E-state index in [9.17, 15) is 8.42 Å². The quantitative estimate of drug-likeness (QED) is 0.517. The molecule has 0 bridgehead atoms. The molecule has 0 unspecified atom stereocenters. The van der Waals surface area contributed by atoms with Gasteiger partial charge in [-0.05, 0) is 68.7 Å². The van der Waals surface area contributed by atoms with E-state index >= 15 is 0 Å². The Morgan fingerprint density at radius 1 is 1.07 bits per heavy atom. The fourth-order valence-electron chi connectivity index (χ4n) is 3.27. The molecule has 8 heteroatoms. The number of hydrogen-bond donors (Lipinski definition) is 2. The molecule has 2 aromatic rings. The van der Waals surface area contributed by atoms with Crippen LogP contribution in [-0.2, 0) is 16.6 Å². The van der Waals surface area contributed by atoms with E-state index in [1.807, 2.05) is 38.1 Å². The number of nitrogens with one attached hydrogen (secondary N) is 1. The molecule has 0 atom stereocenters. The van der Waals surface area contributed by atoms with Gasteiger partial charge in [0.1, 0.15) is 5.75 Å². The minimum Gasteiger partial charge on any atom is -0.491 e. The summed E-state index contributed by atoms with van der Waals surface area (Å²) in [6.07, 6.45) is 3.06. The van der Waals surface area contributed by atoms with Gasteiger partial charge in [0, 0.05) is 18.8 Å². The van der Waals surface area contributed by atoms with E-state index in [0.29, 0.717) is 24.5 Å². The second-order valence-electron chi connectivity index (χ2n) is 7.63. The third-order valence-corrected chi connectivity index (χ3v) is 6.72. The first kappa shape index (κ1) is 22.1. The van der Waals surface area contributed by atoms with Crippen molar-refractivity contribution in [2.45, 2.75) is 50.7 Å². The van der Waals surface area contributed by atoms with Crippen molar-refractivity contribution >= 4 is 21.7 Å². The number of hydrogen-bond acceptors (Lipinski definition) is 4. The van der Waals surface area contributed by atoms with Crippen molar-refractivity contribution in [3.8, 4) is 5.75 Å². The van der Waals surface area contributed by atoms with E-state index in [4.69, 9.17) is 10.5 Å². The lowest BCUT2D eigenvalue weighted by Crippen LogP contribution is -2.35. The Hall–Kier alpha value is -2.58. The maximum atomic E-state index is 12.7. The molecule has 2 aromatic carbocycles. The van der Waals surface area contributed by atoms with Crippen LogP contribution in [-0.4, -0.2) is 37.9 Å². The molecule has 1 heterocycles. The average molecular weight is 431 g/mol. The normalized spacial score (nSPS) is 15.9. The van der Waals surface area contributed by atoms with Gasteiger partial charge in [-0.2, -0.15) is 4.31 Å². The van der Waals surface area contributed by atoms with Crippen LogP contribution in [0.5, 0.6) is 5.75 Å². The number of sulfonamides is 1. The largest absolute Gasteiger partial charge is 0.491 e. The van der Waals surface area contributed by atoms with E-state index in [1.165, 1.54) is 0 Å². The fourth-order valence-corrected chi connectivity index (χ4v) is 4.79. The summed E-state index contributed by atoms with van der Waals surface area (Å²) >= 11 is 0. The fraction of sp³-hybridized carbons (Fsp3) is 0.409. The molecule has 0 amide bonds. The first-order valence-electron chi connectivity index (χ1n) is 10.3. The number of guanidine groups is 1. The Morgan fingerprint density at radius 3 is 2.30 bits per heavy atom. The number of ether oxygens (including phenoxy) is 1. The van der Waals surface area contributed by atoms with Gasteiger partial charge >= 0.3 is 0 Å². The van der Waals surface area contributed by atoms with Gasteiger partial charge in [-0.3, -0.25) is 0 Å². The Bertz CT molecular complexity index is 949. The van der Waals surface area contributed by atoms with Crippen molar-refractivity contribution in [3.63, 3.8) is 0 Å². The van der Waals surface area contributed by atoms with Gasteiger partial charge in [0.05, 0.1) is 17.5 Å². The van der Waals surface area contributed by atoms with Gasteiger partial charge in [-0.15, -0.1) is 0 Å². The van der Waals surface area contributed by atoms with Crippen LogP contribution in [0.4, 0.5) is 5.69 Å². The highest BCUT2D eigenvalue weighted by atomic mass is 32.2. The zero-order chi connectivity index (χ0) is 21.6. The van der Waals surface area contributed by atoms with Gasteiger partial charge in [0.15, 0.2) is 5.96 Å². The monoisotopic (exact) mass is 430 g/mol. The van der Waals surface area contributed by atoms with Crippen LogP contribution in [0.15, 0.2) is 58.4 Å². The molecule has 7 nitrogen and oxygen atoms in total. The molecule has 1 aliphatic rings. The highest BCUT2D eigenvalue weighted by molar-refractivity contribution is 7.89. The van der Waals surface area contributed by atoms with Crippen LogP contribution in [0.3, 0.4) is 0 Å². The molecule has 0 spiro atoms. The van der Waals surface area contributed by atoms with E-state index in [1.54, 1.807) is 28.6 Å². The van der Waals surface area contributed by atoms with Gasteiger partial charge in [0.25, 0.3) is 0 Å². The number of benzene rings is 2. The Labute approximate surface area is 179 Å². The Balaban J connectivity index is 1.57. The molecule has 3 rings (SSSR count). The van der Waals surface area contributed by atoms with Crippen molar-refractivity contribution in [1.29, 1.82) is 0 Å². The van der Waals surface area contributed by atoms with Crippen LogP contribution in [0, 0.1) is 0 Å². The third-order valence-electron chi connectivity index (χ3n) is 4.81. The lowest BCUT2D eigenvalue weighted by atomic mass is 10.2. The topological polar surface area (TPSA) is 97.0 Å². The number of rotatable bonds is 7. The maximum absolute atomic E-state index is 12.7. The van der Waals surface area contributed by atoms with Gasteiger partial charge in [-0.1, -0.05) is 18.6 Å². The van der Waals surface area contributed by atoms with Crippen LogP contribution >= 0.6 is 0 Å². The third kappa shape index (κ3) is 5.96. The first-order valence-corrected chi connectivity index (χ1v) is 11.7. The van der Waals surface area contributed by atoms with Crippen molar-refractivity contribution in [3.05, 3.63) is 54.1 Å². The molecule has 1 saturated heterocycles. The Morgan fingerprint density at radius 2 is 1.70 bits per heavy atom. The highest BCUT2D eigenvalue weighted by Gasteiger charge is 2.25. The smallest absolute Gasteiger partial charge is 0.243 e. The van der Waals surface area contributed by atoms with Crippen molar-refractivity contribution < 1.29 is 13.2 Å². The zero-order valence-electron chi connectivity index (χ0n) is 17.5. The predicted molar refractivity (Wildman–Crippen MR) is 120 cm³/mol. The summed E-state index contributed by atoms with van der Waals surface area (Å²) in [5.41, 5.74) is 7.68. The van der Waals surface area contributed by atoms with E-state index < -0.39 is 10.0 Å². The molecular formula is C22H30N4O3S. The molecule has 1 fully saturated rings. The van der Waals surface area contributed by atoms with Gasteiger partial charge < -0.3 is 15.8 Å². The first-order chi connectivity index (χ1) is 14.3. The number of aliphatic imine (C=N–C) groups is 1. The van der Waals surface area contributed by atoms with Crippen molar-refractivity contribution in [1.82, 2.24) is 4.31 Å². The number of piperidine rings is 1. The molecule has 1 aliphatic heterocycles. The minimum absolute atomic E-state index is 0.122. The predicted octanol–water partition coefficient (Wildman–Crippen LogP) is 3.58. The van der Waals surface area contributed by atoms with Crippen LogP contribution in [0.1, 0.15) is 38.7 Å². The molecule has 0 aromatic heterocycles. The summed E-state index contributed by atoms with van der Waals surface area (Å²) in [5, 5.41) is 3.04. The number of nitrogens with zero attached hydrogens (tertiary/aromatic N) is 2. The van der Waals surface area contributed by atoms with Gasteiger partial charge in [-0.25, -0.2) is 13.4 Å². The van der Waals surface area contributed by atoms with E-state index in [2.05, 4.69) is 10.3 Å². The summed E-state index contributed by atoms with van der Waals surface area (Å²) in [6, 6.07) is 14.4. The van der Waals surface area contributed by atoms with Crippen molar-refractivity contribution in [2.24, 2.45) is 10.7 Å². The van der Waals surface area contributed by atoms with Gasteiger partial charge in [0.2, 0.25) is 10.0 Å². The summed E-state index contributed by atoms with van der Waals surface area (Å²) in [4.78, 5) is 4.66. The summed E-state index contributed by atoms with van der Waals surface area (Å²) < 4.78 is 32.6. The van der Waals surface area contributed by atoms with Crippen molar-refractivity contribution in [2.75, 3.05) is 18.4 Å². The molecular weight excluding hydrogens is 400 g/mol. The molecule has 0 aliphatic carbocycles. The zero-order valence-corrected chi connectivity index (χ0v) is 18.4. The van der Waals surface area contributed by atoms with E-state index in [0.717, 1.165) is 36.3 Å². The second kappa shape index (κ2) is 9.95. The summed E-state index contributed by atoms with van der Waals surface area (Å²) in [7, 11) is -3.41. The summed E-state index contributed by atoms with van der Waals surface area (Å²) in [6.45, 7) is 5.51. The Kier molecular flexibility index (Phi) is 7.33. The second-order valence-corrected chi connectivity index (χ2v) is 9.56. The molecule has 162 valence electrons. The molecule has 30 heavy (non-hydrogen) atoms. The summed E-state index contributed by atoms with van der Waals surface area (Å²) in [5.74, 6) is 1.09. The minimum atomic E-state index is -3.41. The van der Waals surface area contributed by atoms with Crippen LogP contribution < -0.4 is 15.8 Å². The van der Waals surface area contributed by atoms with Crippen LogP contribution in [0.25, 0.3) is 0 Å². The SMILES string of the molecule is CC(C)Oc1ccc(NC(N)=NCc2ccc(S(=O)(=O)N3CCCCC3)cc2)cc1. The number of nitrogens with two attached hydrogens (primary N) is 1. The highest BCUT2D eigenvalue weighted by Crippen LogP contribution is 2.21. The lowest BCUT2D eigenvalue weighted by molar-refractivity contribution is 0.242. The van der Waals surface area contributed by atoms with E-state index in [-0.39, 0.29) is 12.1 Å². The lowest BCUT2D eigenvalue weighted by Gasteiger charge is -2.25. The van der Waals surface area contributed by atoms with Crippen LogP contribution in [0.2, 0.25) is 0 Å².